The Labute approximate surface area is 259 Å². The molecule has 44 heavy (non-hydrogen) atoms. The van der Waals surface area contributed by atoms with Crippen LogP contribution in [0.5, 0.6) is 5.75 Å². The smallest absolute Gasteiger partial charge is 0.120 e. The van der Waals surface area contributed by atoms with Crippen LogP contribution in [0.25, 0.3) is 44.6 Å². The van der Waals surface area contributed by atoms with Crippen LogP contribution in [0.3, 0.4) is 0 Å². The van der Waals surface area contributed by atoms with Gasteiger partial charge in [-0.15, -0.1) is 0 Å². The van der Waals surface area contributed by atoms with Gasteiger partial charge in [0.05, 0.1) is 11.2 Å². The molecule has 0 aliphatic heterocycles. The molecule has 8 rings (SSSR count). The van der Waals surface area contributed by atoms with Gasteiger partial charge in [0.2, 0.25) is 0 Å². The SMILES string of the molecule is C(=Cc1ccc2ccccc2n1)c1ccccc1.c1ccc(COc2ccc3c(ccc4c5c(ccc43)CCCC5)c2)cc1. The second-order valence-corrected chi connectivity index (χ2v) is 11.4. The predicted molar refractivity (Wildman–Crippen MR) is 186 cm³/mol. The van der Waals surface area contributed by atoms with Gasteiger partial charge in [-0.2, -0.15) is 0 Å². The lowest BCUT2D eigenvalue weighted by Crippen LogP contribution is -2.03. The Morgan fingerprint density at radius 1 is 0.568 bits per heavy atom. The molecular formula is C42H35NO. The van der Waals surface area contributed by atoms with Crippen molar-refractivity contribution in [2.75, 3.05) is 0 Å². The Morgan fingerprint density at radius 3 is 2.18 bits per heavy atom. The third-order valence-corrected chi connectivity index (χ3v) is 8.43. The van der Waals surface area contributed by atoms with Crippen LogP contribution in [0, 0.1) is 0 Å². The minimum Gasteiger partial charge on any atom is -0.489 e. The minimum atomic E-state index is 0.605. The van der Waals surface area contributed by atoms with Crippen molar-refractivity contribution in [2.45, 2.75) is 32.3 Å². The molecule has 0 spiro atoms. The molecule has 0 saturated heterocycles. The maximum absolute atomic E-state index is 6.00. The van der Waals surface area contributed by atoms with E-state index in [9.17, 15) is 0 Å². The molecule has 2 heteroatoms. The molecule has 0 atom stereocenters. The minimum absolute atomic E-state index is 0.605. The van der Waals surface area contributed by atoms with Gasteiger partial charge in [0, 0.05) is 5.39 Å². The zero-order valence-electron chi connectivity index (χ0n) is 24.8. The molecule has 0 unspecified atom stereocenters. The molecular weight excluding hydrogens is 534 g/mol. The zero-order valence-corrected chi connectivity index (χ0v) is 24.8. The van der Waals surface area contributed by atoms with Gasteiger partial charge in [-0.1, -0.05) is 121 Å². The molecule has 0 fully saturated rings. The first-order valence-electron chi connectivity index (χ1n) is 15.5. The standard InChI is InChI=1S/C25H22O.C17H13N/c1-2-6-18(7-3-1)17-26-21-12-15-23-20(16-21)11-14-24-22-9-5-4-8-19(22)10-13-25(23)24;1-2-6-14(7-3-1)10-12-16-13-11-15-8-4-5-9-17(15)18-16/h1-3,6-7,10-16H,4-5,8-9,17H2;1-13H. The number of hydrogen-bond acceptors (Lipinski definition) is 2. The van der Waals surface area contributed by atoms with E-state index in [1.165, 1.54) is 63.7 Å². The van der Waals surface area contributed by atoms with Crippen LogP contribution in [-0.2, 0) is 19.4 Å². The number of para-hydroxylation sites is 1. The van der Waals surface area contributed by atoms with E-state index >= 15 is 0 Å². The van der Waals surface area contributed by atoms with Gasteiger partial charge in [0.25, 0.3) is 0 Å². The fourth-order valence-corrected chi connectivity index (χ4v) is 6.13. The maximum atomic E-state index is 6.00. The molecule has 0 radical (unpaired) electrons. The lowest BCUT2D eigenvalue weighted by atomic mass is 9.86. The summed E-state index contributed by atoms with van der Waals surface area (Å²) in [5.41, 5.74) is 7.52. The summed E-state index contributed by atoms with van der Waals surface area (Å²) in [5, 5.41) is 6.56. The lowest BCUT2D eigenvalue weighted by molar-refractivity contribution is 0.306. The number of rotatable bonds is 5. The Hall–Kier alpha value is -5.21. The molecule has 214 valence electrons. The second-order valence-electron chi connectivity index (χ2n) is 11.4. The van der Waals surface area contributed by atoms with Crippen molar-refractivity contribution in [1.82, 2.24) is 4.98 Å². The van der Waals surface area contributed by atoms with E-state index in [1.54, 1.807) is 11.1 Å². The van der Waals surface area contributed by atoms with E-state index in [1.807, 2.05) is 66.7 Å². The zero-order chi connectivity index (χ0) is 29.6. The largest absolute Gasteiger partial charge is 0.489 e. The topological polar surface area (TPSA) is 22.1 Å². The van der Waals surface area contributed by atoms with Gasteiger partial charge >= 0.3 is 0 Å². The highest BCUT2D eigenvalue weighted by Gasteiger charge is 2.13. The number of fused-ring (bicyclic) bond motifs is 6. The summed E-state index contributed by atoms with van der Waals surface area (Å²) in [6, 6.07) is 48.6. The number of aryl methyl sites for hydroxylation is 2. The van der Waals surface area contributed by atoms with Crippen LogP contribution in [0.2, 0.25) is 0 Å². The summed E-state index contributed by atoms with van der Waals surface area (Å²) in [4.78, 5) is 4.60. The van der Waals surface area contributed by atoms with E-state index in [0.717, 1.165) is 17.0 Å². The number of pyridine rings is 1. The third kappa shape index (κ3) is 6.26. The van der Waals surface area contributed by atoms with E-state index in [0.29, 0.717) is 6.61 Å². The molecule has 6 aromatic carbocycles. The average molecular weight is 570 g/mol. The highest BCUT2D eigenvalue weighted by atomic mass is 16.5. The van der Waals surface area contributed by atoms with Crippen LogP contribution in [0.15, 0.2) is 140 Å². The Kier molecular flexibility index (Phi) is 8.14. The third-order valence-electron chi connectivity index (χ3n) is 8.43. The monoisotopic (exact) mass is 569 g/mol. The number of nitrogens with zero attached hydrogens (tertiary/aromatic N) is 1. The molecule has 7 aromatic rings. The summed E-state index contributed by atoms with van der Waals surface area (Å²) >= 11 is 0. The first kappa shape index (κ1) is 27.6. The van der Waals surface area contributed by atoms with Gasteiger partial charge in [0.1, 0.15) is 12.4 Å². The van der Waals surface area contributed by atoms with Crippen molar-refractivity contribution in [3.8, 4) is 5.75 Å². The average Bonchev–Trinajstić information content (AvgIpc) is 3.10. The fourth-order valence-electron chi connectivity index (χ4n) is 6.13. The van der Waals surface area contributed by atoms with Crippen LogP contribution in [0.4, 0.5) is 0 Å². The maximum Gasteiger partial charge on any atom is 0.120 e. The van der Waals surface area contributed by atoms with Crippen LogP contribution in [-0.4, -0.2) is 4.98 Å². The van der Waals surface area contributed by atoms with Crippen molar-refractivity contribution >= 4 is 44.6 Å². The second kappa shape index (κ2) is 13.0. The summed E-state index contributed by atoms with van der Waals surface area (Å²) in [7, 11) is 0. The van der Waals surface area contributed by atoms with Crippen LogP contribution >= 0.6 is 0 Å². The molecule has 1 aliphatic carbocycles. The molecule has 0 saturated carbocycles. The van der Waals surface area contributed by atoms with E-state index in [4.69, 9.17) is 4.74 Å². The van der Waals surface area contributed by atoms with E-state index in [2.05, 4.69) is 89.9 Å². The van der Waals surface area contributed by atoms with Crippen molar-refractivity contribution in [3.63, 3.8) is 0 Å². The Bertz CT molecular complexity index is 2060. The molecule has 1 heterocycles. The van der Waals surface area contributed by atoms with Crippen molar-refractivity contribution in [1.29, 1.82) is 0 Å². The van der Waals surface area contributed by atoms with Gasteiger partial charge in [-0.3, -0.25) is 0 Å². The Morgan fingerprint density at radius 2 is 1.30 bits per heavy atom. The fraction of sp³-hybridized carbons (Fsp3) is 0.119. The molecule has 2 nitrogen and oxygen atoms in total. The molecule has 1 aliphatic rings. The Balaban J connectivity index is 0.000000152. The first-order valence-corrected chi connectivity index (χ1v) is 15.5. The quantitative estimate of drug-likeness (QED) is 0.192. The normalized spacial score (nSPS) is 12.6. The summed E-state index contributed by atoms with van der Waals surface area (Å²) < 4.78 is 6.00. The molecule has 0 amide bonds. The highest BCUT2D eigenvalue weighted by molar-refractivity contribution is 6.09. The molecule has 1 aromatic heterocycles. The van der Waals surface area contributed by atoms with Crippen LogP contribution in [0.1, 0.15) is 40.8 Å². The number of benzene rings is 6. The summed E-state index contributed by atoms with van der Waals surface area (Å²) in [5.74, 6) is 0.929. The van der Waals surface area contributed by atoms with Gasteiger partial charge < -0.3 is 4.74 Å². The highest BCUT2D eigenvalue weighted by Crippen LogP contribution is 2.34. The summed E-state index contributed by atoms with van der Waals surface area (Å²) in [6.45, 7) is 0.605. The number of hydrogen-bond donors (Lipinski definition) is 0. The number of ether oxygens (including phenoxy) is 1. The molecule has 0 N–H and O–H groups in total. The summed E-state index contributed by atoms with van der Waals surface area (Å²) in [6.07, 6.45) is 9.22. The predicted octanol–water partition coefficient (Wildman–Crippen LogP) is 10.9. The van der Waals surface area contributed by atoms with Gasteiger partial charge in [0.15, 0.2) is 0 Å². The molecule has 0 bridgehead atoms. The van der Waals surface area contributed by atoms with Crippen molar-refractivity contribution in [2.24, 2.45) is 0 Å². The number of aromatic nitrogens is 1. The van der Waals surface area contributed by atoms with Crippen molar-refractivity contribution < 1.29 is 4.74 Å². The lowest BCUT2D eigenvalue weighted by Gasteiger charge is -2.19. The van der Waals surface area contributed by atoms with Gasteiger partial charge in [-0.05, 0) is 99.8 Å². The van der Waals surface area contributed by atoms with E-state index in [-0.39, 0.29) is 0 Å². The van der Waals surface area contributed by atoms with Crippen molar-refractivity contribution in [3.05, 3.63) is 167 Å². The van der Waals surface area contributed by atoms with Crippen LogP contribution < -0.4 is 4.74 Å². The van der Waals surface area contributed by atoms with Gasteiger partial charge in [-0.25, -0.2) is 4.98 Å². The first-order chi connectivity index (χ1) is 21.8. The van der Waals surface area contributed by atoms with E-state index < -0.39 is 0 Å².